The smallest absolute Gasteiger partial charge is 0.257 e. The van der Waals surface area contributed by atoms with Crippen LogP contribution in [0, 0.1) is 6.92 Å². The highest BCUT2D eigenvalue weighted by Crippen LogP contribution is 2.24. The monoisotopic (exact) mass is 358 g/mol. The van der Waals surface area contributed by atoms with Crippen molar-refractivity contribution in [2.75, 3.05) is 5.32 Å². The molecule has 2 rings (SSSR count). The van der Waals surface area contributed by atoms with Crippen molar-refractivity contribution in [2.45, 2.75) is 6.92 Å². The van der Waals surface area contributed by atoms with Gasteiger partial charge in [0.1, 0.15) is 0 Å². The summed E-state index contributed by atoms with van der Waals surface area (Å²) in [5.74, 6) is -0.327. The Morgan fingerprint density at radius 2 is 2.05 bits per heavy atom. The number of aryl methyl sites for hydroxylation is 1. The van der Waals surface area contributed by atoms with Gasteiger partial charge in [0.15, 0.2) is 5.15 Å². The van der Waals surface area contributed by atoms with E-state index in [0.717, 1.165) is 10.0 Å². The number of amides is 1. The van der Waals surface area contributed by atoms with Gasteiger partial charge in [-0.25, -0.2) is 4.98 Å². The van der Waals surface area contributed by atoms with E-state index in [4.69, 9.17) is 23.2 Å². The Morgan fingerprint density at radius 3 is 2.74 bits per heavy atom. The molecule has 2 aromatic rings. The molecule has 0 saturated carbocycles. The number of hydrogen-bond acceptors (Lipinski definition) is 2. The Hall–Kier alpha value is -1.10. The number of pyridine rings is 1. The molecular weight excluding hydrogens is 351 g/mol. The van der Waals surface area contributed by atoms with Crippen LogP contribution in [0.15, 0.2) is 34.9 Å². The third-order valence-corrected chi connectivity index (χ3v) is 3.51. The maximum Gasteiger partial charge on any atom is 0.257 e. The molecule has 6 heteroatoms. The first-order valence-corrected chi connectivity index (χ1v) is 6.91. The third-order valence-electron chi connectivity index (χ3n) is 2.40. The third kappa shape index (κ3) is 3.47. The molecule has 0 atom stereocenters. The van der Waals surface area contributed by atoms with Gasteiger partial charge in [0.05, 0.1) is 16.3 Å². The zero-order valence-corrected chi connectivity index (χ0v) is 13.0. The van der Waals surface area contributed by atoms with Crippen LogP contribution in [0.2, 0.25) is 10.2 Å². The van der Waals surface area contributed by atoms with Crippen LogP contribution in [0.25, 0.3) is 0 Å². The summed E-state index contributed by atoms with van der Waals surface area (Å²) in [6.45, 7) is 1.87. The quantitative estimate of drug-likeness (QED) is 0.789. The molecule has 98 valence electrons. The van der Waals surface area contributed by atoms with Crippen molar-refractivity contribution < 1.29 is 4.79 Å². The van der Waals surface area contributed by atoms with Gasteiger partial charge < -0.3 is 5.32 Å². The van der Waals surface area contributed by atoms with Crippen molar-refractivity contribution in [1.29, 1.82) is 0 Å². The average Bonchev–Trinajstić information content (AvgIpc) is 2.33. The van der Waals surface area contributed by atoms with E-state index in [1.165, 1.54) is 0 Å². The molecule has 1 amide bonds. The topological polar surface area (TPSA) is 42.0 Å². The van der Waals surface area contributed by atoms with Crippen LogP contribution < -0.4 is 5.32 Å². The molecule has 1 aromatic carbocycles. The Bertz CT molecular complexity index is 647. The number of rotatable bonds is 2. The SMILES string of the molecule is Cc1cnc(Cl)c(NC(=O)c2ccc(Br)cc2Cl)c1. The van der Waals surface area contributed by atoms with E-state index in [2.05, 4.69) is 26.2 Å². The summed E-state index contributed by atoms with van der Waals surface area (Å²) in [5, 5.41) is 3.30. The lowest BCUT2D eigenvalue weighted by molar-refractivity contribution is 0.102. The molecule has 0 fully saturated rings. The van der Waals surface area contributed by atoms with Gasteiger partial charge in [-0.05, 0) is 36.8 Å². The second-order valence-electron chi connectivity index (χ2n) is 3.93. The Kier molecular flexibility index (Phi) is 4.45. The molecule has 1 aromatic heterocycles. The summed E-state index contributed by atoms with van der Waals surface area (Å²) in [6.07, 6.45) is 1.63. The van der Waals surface area contributed by atoms with Crippen molar-refractivity contribution in [3.8, 4) is 0 Å². The maximum absolute atomic E-state index is 12.1. The molecule has 0 aliphatic heterocycles. The average molecular weight is 360 g/mol. The van der Waals surface area contributed by atoms with Gasteiger partial charge >= 0.3 is 0 Å². The highest BCUT2D eigenvalue weighted by atomic mass is 79.9. The van der Waals surface area contributed by atoms with E-state index in [1.54, 1.807) is 30.5 Å². The number of nitrogens with one attached hydrogen (secondary N) is 1. The van der Waals surface area contributed by atoms with E-state index < -0.39 is 0 Å². The lowest BCUT2D eigenvalue weighted by Gasteiger charge is -2.08. The minimum atomic E-state index is -0.327. The number of nitrogens with zero attached hydrogens (tertiary/aromatic N) is 1. The summed E-state index contributed by atoms with van der Waals surface area (Å²) in [7, 11) is 0. The fourth-order valence-corrected chi connectivity index (χ4v) is 2.41. The Morgan fingerprint density at radius 1 is 1.32 bits per heavy atom. The molecular formula is C13H9BrCl2N2O. The summed E-state index contributed by atoms with van der Waals surface area (Å²) >= 11 is 15.2. The second-order valence-corrected chi connectivity index (χ2v) is 5.61. The lowest BCUT2D eigenvalue weighted by Crippen LogP contribution is -2.13. The molecule has 1 N–H and O–H groups in total. The van der Waals surface area contributed by atoms with Crippen LogP contribution >= 0.6 is 39.1 Å². The van der Waals surface area contributed by atoms with Gasteiger partial charge in [0.25, 0.3) is 5.91 Å². The zero-order chi connectivity index (χ0) is 14.0. The number of hydrogen-bond donors (Lipinski definition) is 1. The number of aromatic nitrogens is 1. The molecule has 1 heterocycles. The minimum Gasteiger partial charge on any atom is -0.319 e. The van der Waals surface area contributed by atoms with Crippen molar-refractivity contribution in [3.63, 3.8) is 0 Å². The van der Waals surface area contributed by atoms with Gasteiger partial charge in [-0.15, -0.1) is 0 Å². The number of carbonyl (C=O) groups excluding carboxylic acids is 1. The van der Waals surface area contributed by atoms with Crippen LogP contribution in [0.5, 0.6) is 0 Å². The molecule has 0 bridgehead atoms. The molecule has 0 radical (unpaired) electrons. The summed E-state index contributed by atoms with van der Waals surface area (Å²) < 4.78 is 0.810. The van der Waals surface area contributed by atoms with E-state index in [1.807, 2.05) is 6.92 Å². The minimum absolute atomic E-state index is 0.243. The first kappa shape index (κ1) is 14.3. The highest BCUT2D eigenvalue weighted by Gasteiger charge is 2.13. The van der Waals surface area contributed by atoms with Crippen LogP contribution in [0.3, 0.4) is 0 Å². The first-order valence-electron chi connectivity index (χ1n) is 5.36. The molecule has 0 aliphatic carbocycles. The predicted octanol–water partition coefficient (Wildman–Crippen LogP) is 4.71. The van der Waals surface area contributed by atoms with E-state index >= 15 is 0 Å². The molecule has 0 spiro atoms. The van der Waals surface area contributed by atoms with Crippen molar-refractivity contribution in [2.24, 2.45) is 0 Å². The Labute approximate surface area is 129 Å². The molecule has 0 saturated heterocycles. The van der Waals surface area contributed by atoms with Gasteiger partial charge in [0.2, 0.25) is 0 Å². The fraction of sp³-hybridized carbons (Fsp3) is 0.0769. The fourth-order valence-electron chi connectivity index (χ4n) is 1.50. The molecule has 3 nitrogen and oxygen atoms in total. The van der Waals surface area contributed by atoms with Crippen molar-refractivity contribution >= 4 is 50.7 Å². The molecule has 0 aliphatic rings. The first-order chi connectivity index (χ1) is 8.97. The largest absolute Gasteiger partial charge is 0.319 e. The van der Waals surface area contributed by atoms with E-state index in [9.17, 15) is 4.79 Å². The van der Waals surface area contributed by atoms with Gasteiger partial charge in [0, 0.05) is 10.7 Å². The van der Waals surface area contributed by atoms with Crippen LogP contribution in [-0.2, 0) is 0 Å². The second kappa shape index (κ2) is 5.90. The number of benzene rings is 1. The van der Waals surface area contributed by atoms with Crippen molar-refractivity contribution in [3.05, 3.63) is 56.2 Å². The van der Waals surface area contributed by atoms with Crippen LogP contribution in [0.1, 0.15) is 15.9 Å². The maximum atomic E-state index is 12.1. The Balaban J connectivity index is 2.28. The highest BCUT2D eigenvalue weighted by molar-refractivity contribution is 9.10. The van der Waals surface area contributed by atoms with Crippen molar-refractivity contribution in [1.82, 2.24) is 4.98 Å². The van der Waals surface area contributed by atoms with E-state index in [-0.39, 0.29) is 11.1 Å². The summed E-state index contributed by atoms with van der Waals surface area (Å²) in [6, 6.07) is 6.79. The molecule has 19 heavy (non-hydrogen) atoms. The van der Waals surface area contributed by atoms with E-state index in [0.29, 0.717) is 16.3 Å². The number of anilines is 1. The van der Waals surface area contributed by atoms with Gasteiger partial charge in [-0.2, -0.15) is 0 Å². The normalized spacial score (nSPS) is 10.3. The van der Waals surface area contributed by atoms with Crippen LogP contribution in [-0.4, -0.2) is 10.9 Å². The molecule has 0 unspecified atom stereocenters. The summed E-state index contributed by atoms with van der Waals surface area (Å²) in [4.78, 5) is 16.1. The summed E-state index contributed by atoms with van der Waals surface area (Å²) in [5.41, 5.74) is 1.75. The van der Waals surface area contributed by atoms with Gasteiger partial charge in [-0.3, -0.25) is 4.79 Å². The predicted molar refractivity (Wildman–Crippen MR) is 81.1 cm³/mol. The standard InChI is InChI=1S/C13H9BrCl2N2O/c1-7-4-11(12(16)17-6-7)18-13(19)9-3-2-8(14)5-10(9)15/h2-6H,1H3,(H,18,19). The zero-order valence-electron chi connectivity index (χ0n) is 9.88. The van der Waals surface area contributed by atoms with Crippen LogP contribution in [0.4, 0.5) is 5.69 Å². The van der Waals surface area contributed by atoms with Gasteiger partial charge in [-0.1, -0.05) is 39.1 Å². The number of carbonyl (C=O) groups is 1. The lowest BCUT2D eigenvalue weighted by atomic mass is 10.2. The number of halogens is 3.